The fraction of sp³-hybridized carbons (Fsp3) is 0.111. The second-order valence-electron chi connectivity index (χ2n) is 5.88. The normalized spacial score (nSPS) is 12.2. The molecule has 7 nitrogen and oxygen atoms in total. The molecule has 2 heterocycles. The van der Waals surface area contributed by atoms with Crippen LogP contribution in [0, 0.1) is 5.82 Å². The lowest BCUT2D eigenvalue weighted by atomic mass is 10.0. The number of carbonyl (C=O) groups is 1. The summed E-state index contributed by atoms with van der Waals surface area (Å²) in [7, 11) is 1.84. The van der Waals surface area contributed by atoms with E-state index in [1.807, 2.05) is 11.6 Å². The molecule has 0 aliphatic heterocycles. The number of halogens is 1. The first-order valence-electron chi connectivity index (χ1n) is 7.96. The molecule has 1 amide bonds. The maximum atomic E-state index is 13.3. The average molecular weight is 350 g/mol. The van der Waals surface area contributed by atoms with Crippen molar-refractivity contribution in [3.63, 3.8) is 0 Å². The smallest absolute Gasteiger partial charge is 0.252 e. The summed E-state index contributed by atoms with van der Waals surface area (Å²) in [5.74, 6) is 0.0230. The summed E-state index contributed by atoms with van der Waals surface area (Å²) in [6, 6.07) is 10.5. The van der Waals surface area contributed by atoms with Gasteiger partial charge in [-0.15, -0.1) is 0 Å². The van der Waals surface area contributed by atoms with E-state index in [0.29, 0.717) is 22.4 Å². The fourth-order valence-electron chi connectivity index (χ4n) is 2.80. The molecule has 26 heavy (non-hydrogen) atoms. The van der Waals surface area contributed by atoms with Gasteiger partial charge >= 0.3 is 0 Å². The average Bonchev–Trinajstić information content (AvgIpc) is 3.28. The molecular weight excluding hydrogens is 335 g/mol. The molecule has 0 aliphatic rings. The van der Waals surface area contributed by atoms with Crippen LogP contribution in [0.2, 0.25) is 0 Å². The Morgan fingerprint density at radius 3 is 2.65 bits per heavy atom. The van der Waals surface area contributed by atoms with Gasteiger partial charge in [-0.2, -0.15) is 15.4 Å². The molecule has 2 aromatic carbocycles. The first-order chi connectivity index (χ1) is 12.6. The number of aromatic amines is 1. The summed E-state index contributed by atoms with van der Waals surface area (Å²) < 4.78 is 15.1. The van der Waals surface area contributed by atoms with Crippen LogP contribution in [0.25, 0.3) is 11.0 Å². The minimum absolute atomic E-state index is 0.285. The number of fused-ring (bicyclic) bond motifs is 1. The molecule has 0 fully saturated rings. The van der Waals surface area contributed by atoms with Crippen LogP contribution in [0.5, 0.6) is 0 Å². The summed E-state index contributed by atoms with van der Waals surface area (Å²) in [5, 5.41) is 13.5. The molecule has 4 rings (SSSR count). The molecular formula is C18H15FN6O. The Labute approximate surface area is 147 Å². The Bertz CT molecular complexity index is 1070. The number of carbonyl (C=O) groups excluding carboxylic acids is 1. The maximum Gasteiger partial charge on any atom is 0.252 e. The summed E-state index contributed by atoms with van der Waals surface area (Å²) >= 11 is 0. The molecule has 0 aliphatic carbocycles. The molecule has 2 aromatic heterocycles. The molecule has 0 bridgehead atoms. The molecule has 0 radical (unpaired) electrons. The number of nitrogens with zero attached hydrogens (tertiary/aromatic N) is 4. The second kappa shape index (κ2) is 6.40. The van der Waals surface area contributed by atoms with Crippen LogP contribution in [0.1, 0.15) is 27.8 Å². The van der Waals surface area contributed by atoms with E-state index in [1.165, 1.54) is 12.1 Å². The summed E-state index contributed by atoms with van der Waals surface area (Å²) in [4.78, 5) is 17.1. The Morgan fingerprint density at radius 2 is 1.92 bits per heavy atom. The number of rotatable bonds is 4. The van der Waals surface area contributed by atoms with E-state index in [4.69, 9.17) is 0 Å². The summed E-state index contributed by atoms with van der Waals surface area (Å²) in [5.41, 5.74) is 2.47. The zero-order valence-corrected chi connectivity index (χ0v) is 13.8. The standard InChI is InChI=1S/C18H15FN6O/c1-25-9-8-20-17(25)16(11-2-5-13(19)6-3-11)21-18(26)12-4-7-14-15(10-12)23-24-22-14/h2-10,16H,1H3,(H,21,26)(H,22,23,24)/t16-/m0/s1. The van der Waals surface area contributed by atoms with Gasteiger partial charge in [-0.05, 0) is 35.9 Å². The van der Waals surface area contributed by atoms with Crippen LogP contribution in [-0.2, 0) is 7.05 Å². The van der Waals surface area contributed by atoms with E-state index < -0.39 is 6.04 Å². The number of amides is 1. The molecule has 0 saturated carbocycles. The summed E-state index contributed by atoms with van der Waals surface area (Å²) in [6.45, 7) is 0. The Balaban J connectivity index is 1.68. The van der Waals surface area contributed by atoms with E-state index in [1.54, 1.807) is 42.7 Å². The topological polar surface area (TPSA) is 88.5 Å². The van der Waals surface area contributed by atoms with Crippen LogP contribution in [0.3, 0.4) is 0 Å². The minimum atomic E-state index is -0.517. The molecule has 0 unspecified atom stereocenters. The van der Waals surface area contributed by atoms with Crippen LogP contribution in [0.15, 0.2) is 54.9 Å². The number of aryl methyl sites for hydroxylation is 1. The third kappa shape index (κ3) is 2.92. The van der Waals surface area contributed by atoms with Gasteiger partial charge in [-0.1, -0.05) is 12.1 Å². The molecule has 8 heteroatoms. The van der Waals surface area contributed by atoms with Crippen molar-refractivity contribution in [3.8, 4) is 0 Å². The second-order valence-corrected chi connectivity index (χ2v) is 5.88. The van der Waals surface area contributed by atoms with E-state index >= 15 is 0 Å². The van der Waals surface area contributed by atoms with Crippen LogP contribution in [0.4, 0.5) is 4.39 Å². The minimum Gasteiger partial charge on any atom is -0.338 e. The van der Waals surface area contributed by atoms with Crippen molar-refractivity contribution in [3.05, 3.63) is 77.6 Å². The predicted octanol–water partition coefficient (Wildman–Crippen LogP) is 2.35. The van der Waals surface area contributed by atoms with Gasteiger partial charge in [0.25, 0.3) is 5.91 Å². The molecule has 0 spiro atoms. The number of hydrogen-bond donors (Lipinski definition) is 2. The third-order valence-electron chi connectivity index (χ3n) is 4.17. The van der Waals surface area contributed by atoms with Gasteiger partial charge in [0.05, 0.1) is 0 Å². The van der Waals surface area contributed by atoms with Crippen LogP contribution >= 0.6 is 0 Å². The van der Waals surface area contributed by atoms with Crippen molar-refractivity contribution in [2.24, 2.45) is 7.05 Å². The van der Waals surface area contributed by atoms with Crippen molar-refractivity contribution in [1.29, 1.82) is 0 Å². The van der Waals surface area contributed by atoms with Crippen molar-refractivity contribution in [2.45, 2.75) is 6.04 Å². The van der Waals surface area contributed by atoms with Crippen molar-refractivity contribution in [2.75, 3.05) is 0 Å². The van der Waals surface area contributed by atoms with Gasteiger partial charge in [0.15, 0.2) is 0 Å². The van der Waals surface area contributed by atoms with Gasteiger partial charge < -0.3 is 9.88 Å². The van der Waals surface area contributed by atoms with E-state index in [2.05, 4.69) is 25.7 Å². The van der Waals surface area contributed by atoms with E-state index in [9.17, 15) is 9.18 Å². The quantitative estimate of drug-likeness (QED) is 0.591. The van der Waals surface area contributed by atoms with Crippen molar-refractivity contribution < 1.29 is 9.18 Å². The maximum absolute atomic E-state index is 13.3. The number of imidazole rings is 1. The van der Waals surface area contributed by atoms with Gasteiger partial charge in [0, 0.05) is 25.0 Å². The number of nitrogens with one attached hydrogen (secondary N) is 2. The first kappa shape index (κ1) is 15.9. The summed E-state index contributed by atoms with van der Waals surface area (Å²) in [6.07, 6.45) is 3.44. The molecule has 130 valence electrons. The molecule has 0 saturated heterocycles. The lowest BCUT2D eigenvalue weighted by Gasteiger charge is -2.19. The highest BCUT2D eigenvalue weighted by Crippen LogP contribution is 2.22. The Hall–Kier alpha value is -3.55. The lowest BCUT2D eigenvalue weighted by Crippen LogP contribution is -2.31. The van der Waals surface area contributed by atoms with Crippen LogP contribution < -0.4 is 5.32 Å². The molecule has 4 aromatic rings. The van der Waals surface area contributed by atoms with E-state index in [0.717, 1.165) is 5.56 Å². The predicted molar refractivity (Wildman–Crippen MR) is 92.8 cm³/mol. The molecule has 2 N–H and O–H groups in total. The molecule has 1 atom stereocenters. The van der Waals surface area contributed by atoms with E-state index in [-0.39, 0.29) is 11.7 Å². The van der Waals surface area contributed by atoms with Gasteiger partial charge in [-0.25, -0.2) is 9.37 Å². The Kier molecular flexibility index (Phi) is 3.92. The Morgan fingerprint density at radius 1 is 1.15 bits per heavy atom. The monoisotopic (exact) mass is 350 g/mol. The number of H-pyrrole nitrogens is 1. The first-order valence-corrected chi connectivity index (χ1v) is 7.96. The van der Waals surface area contributed by atoms with Crippen molar-refractivity contribution >= 4 is 16.9 Å². The number of benzene rings is 2. The lowest BCUT2D eigenvalue weighted by molar-refractivity contribution is 0.0941. The van der Waals surface area contributed by atoms with Crippen LogP contribution in [-0.4, -0.2) is 30.9 Å². The zero-order chi connectivity index (χ0) is 18.1. The highest BCUT2D eigenvalue weighted by atomic mass is 19.1. The van der Waals surface area contributed by atoms with Gasteiger partial charge in [0.2, 0.25) is 0 Å². The fourth-order valence-corrected chi connectivity index (χ4v) is 2.80. The largest absolute Gasteiger partial charge is 0.338 e. The van der Waals surface area contributed by atoms with Crippen molar-refractivity contribution in [1.82, 2.24) is 30.3 Å². The highest BCUT2D eigenvalue weighted by Gasteiger charge is 2.22. The number of hydrogen-bond acceptors (Lipinski definition) is 4. The SMILES string of the molecule is Cn1ccnc1[C@@H](NC(=O)c1ccc2n[nH]nc2c1)c1ccc(F)cc1. The third-order valence-corrected chi connectivity index (χ3v) is 4.17. The highest BCUT2D eigenvalue weighted by molar-refractivity contribution is 5.97. The number of aromatic nitrogens is 5. The van der Waals surface area contributed by atoms with Gasteiger partial charge in [0.1, 0.15) is 28.7 Å². The zero-order valence-electron chi connectivity index (χ0n) is 13.8. The van der Waals surface area contributed by atoms with Gasteiger partial charge in [-0.3, -0.25) is 4.79 Å².